The molecule has 3 rings (SSSR count). The molecule has 3 aromatic rings. The molecular formula is C20H12Cl4O3. The molecule has 0 atom stereocenters. The molecule has 0 N–H and O–H groups in total. The zero-order chi connectivity index (χ0) is 19.4. The Morgan fingerprint density at radius 2 is 1.74 bits per heavy atom. The topological polar surface area (TPSA) is 39.4 Å². The zero-order valence-corrected chi connectivity index (χ0v) is 16.7. The summed E-state index contributed by atoms with van der Waals surface area (Å²) in [5.74, 6) is 1.40. The molecule has 0 radical (unpaired) electrons. The number of carbonyl (C=O) groups is 1. The highest BCUT2D eigenvalue weighted by molar-refractivity contribution is 6.42. The number of hydrogen-bond donors (Lipinski definition) is 0. The molecule has 1 heterocycles. The van der Waals surface area contributed by atoms with Crippen LogP contribution in [0, 0.1) is 0 Å². The van der Waals surface area contributed by atoms with E-state index in [4.69, 9.17) is 55.6 Å². The first-order valence-electron chi connectivity index (χ1n) is 7.76. The molecule has 0 bridgehead atoms. The molecule has 0 fully saturated rings. The van der Waals surface area contributed by atoms with E-state index in [1.54, 1.807) is 48.5 Å². The van der Waals surface area contributed by atoms with Crippen LogP contribution in [0.25, 0.3) is 6.08 Å². The Bertz CT molecular complexity index is 1010. The molecule has 0 unspecified atom stereocenters. The number of halogens is 4. The summed E-state index contributed by atoms with van der Waals surface area (Å²) < 4.78 is 11.2. The minimum Gasteiger partial charge on any atom is -0.484 e. The third-order valence-electron chi connectivity index (χ3n) is 3.55. The fourth-order valence-corrected chi connectivity index (χ4v) is 2.97. The third kappa shape index (κ3) is 5.30. The molecule has 0 amide bonds. The average Bonchev–Trinajstić information content (AvgIpc) is 3.09. The predicted molar refractivity (Wildman–Crippen MR) is 109 cm³/mol. The molecule has 3 nitrogen and oxygen atoms in total. The van der Waals surface area contributed by atoms with Crippen molar-refractivity contribution in [1.29, 1.82) is 0 Å². The molecule has 0 saturated carbocycles. The van der Waals surface area contributed by atoms with Crippen molar-refractivity contribution in [3.63, 3.8) is 0 Å². The van der Waals surface area contributed by atoms with Crippen molar-refractivity contribution in [2.75, 3.05) is 0 Å². The van der Waals surface area contributed by atoms with Gasteiger partial charge in [-0.3, -0.25) is 4.79 Å². The number of furan rings is 1. The molecule has 0 saturated heterocycles. The summed E-state index contributed by atoms with van der Waals surface area (Å²) in [5, 5.41) is 1.67. The van der Waals surface area contributed by atoms with E-state index >= 15 is 0 Å². The molecular weight excluding hydrogens is 430 g/mol. The first-order chi connectivity index (χ1) is 12.9. The van der Waals surface area contributed by atoms with Crippen LogP contribution in [-0.4, -0.2) is 5.78 Å². The van der Waals surface area contributed by atoms with Gasteiger partial charge in [0.1, 0.15) is 23.9 Å². The fraction of sp³-hybridized carbons (Fsp3) is 0.0500. The SMILES string of the molecule is O=C(/C=C/c1ccc(COc2ccc(Cl)cc2Cl)o1)c1ccc(Cl)c(Cl)c1. The van der Waals surface area contributed by atoms with Gasteiger partial charge in [0, 0.05) is 10.6 Å². The highest BCUT2D eigenvalue weighted by Crippen LogP contribution is 2.28. The van der Waals surface area contributed by atoms with Crippen molar-refractivity contribution >= 4 is 58.3 Å². The summed E-state index contributed by atoms with van der Waals surface area (Å²) in [7, 11) is 0. The summed E-state index contributed by atoms with van der Waals surface area (Å²) in [6.07, 6.45) is 2.97. The van der Waals surface area contributed by atoms with Gasteiger partial charge in [0.25, 0.3) is 0 Å². The number of ether oxygens (including phenoxy) is 1. The van der Waals surface area contributed by atoms with Crippen LogP contribution in [0.15, 0.2) is 59.0 Å². The summed E-state index contributed by atoms with van der Waals surface area (Å²) in [5.41, 5.74) is 0.438. The highest BCUT2D eigenvalue weighted by Gasteiger charge is 2.07. The predicted octanol–water partition coefficient (Wildman–Crippen LogP) is 7.37. The van der Waals surface area contributed by atoms with Gasteiger partial charge in [0.05, 0.1) is 15.1 Å². The Morgan fingerprint density at radius 1 is 0.926 bits per heavy atom. The first kappa shape index (κ1) is 19.8. The molecule has 0 aliphatic heterocycles. The summed E-state index contributed by atoms with van der Waals surface area (Å²) in [6.45, 7) is 0.190. The molecule has 27 heavy (non-hydrogen) atoms. The number of carbonyl (C=O) groups excluding carboxylic acids is 1. The Hall–Kier alpha value is -1.91. The quantitative estimate of drug-likeness (QED) is 0.296. The van der Waals surface area contributed by atoms with Gasteiger partial charge in [-0.05, 0) is 60.7 Å². The third-order valence-corrected chi connectivity index (χ3v) is 4.82. The van der Waals surface area contributed by atoms with Crippen LogP contribution in [0.3, 0.4) is 0 Å². The van der Waals surface area contributed by atoms with E-state index in [1.807, 2.05) is 0 Å². The van der Waals surface area contributed by atoms with Crippen molar-refractivity contribution in [3.05, 3.63) is 91.8 Å². The minimum atomic E-state index is -0.212. The summed E-state index contributed by atoms with van der Waals surface area (Å²) in [4.78, 5) is 12.2. The Kier molecular flexibility index (Phi) is 6.51. The maximum atomic E-state index is 12.2. The van der Waals surface area contributed by atoms with Gasteiger partial charge in [0.2, 0.25) is 0 Å². The van der Waals surface area contributed by atoms with E-state index in [0.29, 0.717) is 42.9 Å². The van der Waals surface area contributed by atoms with E-state index in [0.717, 1.165) is 0 Å². The van der Waals surface area contributed by atoms with Crippen molar-refractivity contribution < 1.29 is 13.9 Å². The summed E-state index contributed by atoms with van der Waals surface area (Å²) in [6, 6.07) is 13.2. The Balaban J connectivity index is 1.62. The molecule has 138 valence electrons. The number of benzene rings is 2. The van der Waals surface area contributed by atoms with Gasteiger partial charge >= 0.3 is 0 Å². The maximum absolute atomic E-state index is 12.2. The van der Waals surface area contributed by atoms with Crippen molar-refractivity contribution in [2.45, 2.75) is 6.61 Å². The van der Waals surface area contributed by atoms with E-state index < -0.39 is 0 Å². The lowest BCUT2D eigenvalue weighted by Crippen LogP contribution is -1.94. The van der Waals surface area contributed by atoms with Gasteiger partial charge in [-0.1, -0.05) is 46.4 Å². The average molecular weight is 442 g/mol. The highest BCUT2D eigenvalue weighted by atomic mass is 35.5. The molecule has 1 aromatic heterocycles. The number of allylic oxidation sites excluding steroid dienone is 1. The second kappa shape index (κ2) is 8.85. The van der Waals surface area contributed by atoms with E-state index in [2.05, 4.69) is 0 Å². The molecule has 2 aromatic carbocycles. The lowest BCUT2D eigenvalue weighted by molar-refractivity contribution is 0.104. The maximum Gasteiger partial charge on any atom is 0.186 e. The molecule has 0 spiro atoms. The Labute approximate surface area is 176 Å². The van der Waals surface area contributed by atoms with Crippen LogP contribution in [0.4, 0.5) is 0 Å². The number of ketones is 1. The van der Waals surface area contributed by atoms with Gasteiger partial charge < -0.3 is 9.15 Å². The van der Waals surface area contributed by atoms with Gasteiger partial charge in [0.15, 0.2) is 5.78 Å². The van der Waals surface area contributed by atoms with Crippen LogP contribution in [0.2, 0.25) is 20.1 Å². The van der Waals surface area contributed by atoms with Crippen LogP contribution in [-0.2, 0) is 6.61 Å². The largest absolute Gasteiger partial charge is 0.484 e. The second-order valence-electron chi connectivity index (χ2n) is 5.49. The monoisotopic (exact) mass is 440 g/mol. The second-order valence-corrected chi connectivity index (χ2v) is 7.15. The lowest BCUT2D eigenvalue weighted by Gasteiger charge is -2.06. The molecule has 7 heteroatoms. The lowest BCUT2D eigenvalue weighted by atomic mass is 10.1. The van der Waals surface area contributed by atoms with E-state index in [-0.39, 0.29) is 12.4 Å². The Morgan fingerprint density at radius 3 is 2.48 bits per heavy atom. The van der Waals surface area contributed by atoms with Crippen molar-refractivity contribution in [1.82, 2.24) is 0 Å². The van der Waals surface area contributed by atoms with E-state index in [9.17, 15) is 4.79 Å². The van der Waals surface area contributed by atoms with Crippen LogP contribution < -0.4 is 4.74 Å². The van der Waals surface area contributed by atoms with Crippen molar-refractivity contribution in [2.24, 2.45) is 0 Å². The van der Waals surface area contributed by atoms with Gasteiger partial charge in [-0.2, -0.15) is 0 Å². The summed E-state index contributed by atoms with van der Waals surface area (Å²) >= 11 is 23.7. The normalized spacial score (nSPS) is 11.1. The number of rotatable bonds is 6. The zero-order valence-electron chi connectivity index (χ0n) is 13.7. The minimum absolute atomic E-state index is 0.190. The fourth-order valence-electron chi connectivity index (χ4n) is 2.21. The van der Waals surface area contributed by atoms with Crippen molar-refractivity contribution in [3.8, 4) is 5.75 Å². The smallest absolute Gasteiger partial charge is 0.186 e. The first-order valence-corrected chi connectivity index (χ1v) is 9.27. The molecule has 0 aliphatic rings. The van der Waals surface area contributed by atoms with Gasteiger partial charge in [-0.25, -0.2) is 0 Å². The number of hydrogen-bond acceptors (Lipinski definition) is 3. The van der Waals surface area contributed by atoms with Crippen LogP contribution in [0.5, 0.6) is 5.75 Å². The van der Waals surface area contributed by atoms with Crippen LogP contribution >= 0.6 is 46.4 Å². The molecule has 0 aliphatic carbocycles. The van der Waals surface area contributed by atoms with E-state index in [1.165, 1.54) is 12.1 Å². The van der Waals surface area contributed by atoms with Crippen LogP contribution in [0.1, 0.15) is 21.9 Å². The van der Waals surface area contributed by atoms with Gasteiger partial charge in [-0.15, -0.1) is 0 Å². The standard InChI is InChI=1S/C20H12Cl4O3/c21-13-2-8-20(18(24)10-13)26-11-15-4-3-14(27-15)5-7-19(25)12-1-6-16(22)17(23)9-12/h1-10H,11H2/b7-5+.